The zero-order valence-corrected chi connectivity index (χ0v) is 17.7. The first-order valence-corrected chi connectivity index (χ1v) is 10.6. The van der Waals surface area contributed by atoms with Crippen molar-refractivity contribution in [3.8, 4) is 11.4 Å². The highest BCUT2D eigenvalue weighted by Crippen LogP contribution is 2.31. The molecule has 1 heterocycles. The molecule has 0 atom stereocenters. The minimum absolute atomic E-state index is 0.0821. The summed E-state index contributed by atoms with van der Waals surface area (Å²) in [5, 5.41) is 14.2. The molecule has 0 unspecified atom stereocenters. The summed E-state index contributed by atoms with van der Waals surface area (Å²) >= 11 is 1.11. The average Bonchev–Trinajstić information content (AvgIpc) is 3.17. The first-order chi connectivity index (χ1) is 15.9. The molecule has 4 rings (SSSR count). The quantitative estimate of drug-likeness (QED) is 0.214. The van der Waals surface area contributed by atoms with Crippen molar-refractivity contribution in [2.75, 3.05) is 11.1 Å². The Morgan fingerprint density at radius 2 is 1.85 bits per heavy atom. The molecule has 0 fully saturated rings. The second-order valence-electron chi connectivity index (χ2n) is 6.71. The van der Waals surface area contributed by atoms with E-state index < -0.39 is 17.4 Å². The summed E-state index contributed by atoms with van der Waals surface area (Å²) in [4.78, 5) is 27.7. The van der Waals surface area contributed by atoms with Gasteiger partial charge in [-0.2, -0.15) is 8.78 Å². The highest BCUT2D eigenvalue weighted by atomic mass is 32.2. The molecule has 0 aliphatic heterocycles. The molecule has 168 valence electrons. The molecule has 0 aliphatic carbocycles. The van der Waals surface area contributed by atoms with E-state index in [4.69, 9.17) is 0 Å². The first-order valence-electron chi connectivity index (χ1n) is 9.61. The predicted octanol–water partition coefficient (Wildman–Crippen LogP) is 5.27. The number of nitrogens with zero attached hydrogens (tertiary/aromatic N) is 3. The van der Waals surface area contributed by atoms with Crippen molar-refractivity contribution in [1.82, 2.24) is 9.55 Å². The zero-order valence-electron chi connectivity index (χ0n) is 16.9. The summed E-state index contributed by atoms with van der Waals surface area (Å²) in [5.74, 6) is -0.681. The molecular formula is C22H16F2N4O4S. The molecule has 0 saturated heterocycles. The Morgan fingerprint density at radius 3 is 2.58 bits per heavy atom. The number of nitro benzene ring substituents is 1. The monoisotopic (exact) mass is 470 g/mol. The number of amides is 1. The Bertz CT molecular complexity index is 1310. The molecule has 11 heteroatoms. The van der Waals surface area contributed by atoms with E-state index in [1.165, 1.54) is 30.3 Å². The summed E-state index contributed by atoms with van der Waals surface area (Å²) in [6, 6.07) is 19.5. The third-order valence-corrected chi connectivity index (χ3v) is 5.48. The number of ether oxygens (including phenoxy) is 1. The van der Waals surface area contributed by atoms with Gasteiger partial charge in [0.25, 0.3) is 5.69 Å². The van der Waals surface area contributed by atoms with E-state index in [9.17, 15) is 23.7 Å². The highest BCUT2D eigenvalue weighted by molar-refractivity contribution is 7.99. The standard InChI is InChI=1S/C22H16F2N4O4S/c23-21(24)32-19-9-5-4-8-16(19)25-20(29)13-33-22-26-17-12-15(28(30)31)10-11-18(17)27(22)14-6-2-1-3-7-14/h1-12,21H,13H2,(H,25,29). The van der Waals surface area contributed by atoms with Crippen molar-refractivity contribution in [3.05, 3.63) is 82.9 Å². The van der Waals surface area contributed by atoms with Crippen LogP contribution in [0.4, 0.5) is 20.2 Å². The number of benzene rings is 3. The van der Waals surface area contributed by atoms with Gasteiger partial charge in [0, 0.05) is 17.8 Å². The van der Waals surface area contributed by atoms with Crippen molar-refractivity contribution >= 4 is 40.1 Å². The normalized spacial score (nSPS) is 11.0. The lowest BCUT2D eigenvalue weighted by Gasteiger charge is -2.12. The van der Waals surface area contributed by atoms with Gasteiger partial charge in [-0.25, -0.2) is 4.98 Å². The summed E-state index contributed by atoms with van der Waals surface area (Å²) in [5.41, 5.74) is 1.85. The van der Waals surface area contributed by atoms with E-state index in [1.54, 1.807) is 16.7 Å². The number of halogens is 2. The zero-order chi connectivity index (χ0) is 23.4. The van der Waals surface area contributed by atoms with E-state index in [-0.39, 0.29) is 22.9 Å². The van der Waals surface area contributed by atoms with E-state index in [2.05, 4.69) is 15.0 Å². The lowest BCUT2D eigenvalue weighted by atomic mass is 10.2. The molecule has 1 amide bonds. The summed E-state index contributed by atoms with van der Waals surface area (Å²) in [7, 11) is 0. The third-order valence-electron chi connectivity index (χ3n) is 4.54. The molecule has 0 spiro atoms. The Kier molecular flexibility index (Phi) is 6.50. The number of thioether (sulfide) groups is 1. The highest BCUT2D eigenvalue weighted by Gasteiger charge is 2.18. The molecule has 0 radical (unpaired) electrons. The van der Waals surface area contributed by atoms with Gasteiger partial charge in [0.05, 0.1) is 27.4 Å². The van der Waals surface area contributed by atoms with E-state index in [0.717, 1.165) is 17.4 Å². The second-order valence-corrected chi connectivity index (χ2v) is 7.65. The van der Waals surface area contributed by atoms with Gasteiger partial charge < -0.3 is 10.1 Å². The van der Waals surface area contributed by atoms with Crippen LogP contribution in [0.2, 0.25) is 0 Å². The van der Waals surface area contributed by atoms with Crippen molar-refractivity contribution in [2.45, 2.75) is 11.8 Å². The van der Waals surface area contributed by atoms with Crippen LogP contribution in [0, 0.1) is 10.1 Å². The van der Waals surface area contributed by atoms with Crippen LogP contribution in [0.25, 0.3) is 16.7 Å². The van der Waals surface area contributed by atoms with Crippen LogP contribution in [0.5, 0.6) is 5.75 Å². The van der Waals surface area contributed by atoms with Gasteiger partial charge >= 0.3 is 6.61 Å². The number of hydrogen-bond acceptors (Lipinski definition) is 6. The van der Waals surface area contributed by atoms with Crippen LogP contribution in [0.15, 0.2) is 78.0 Å². The number of hydrogen-bond donors (Lipinski definition) is 1. The van der Waals surface area contributed by atoms with Crippen LogP contribution < -0.4 is 10.1 Å². The molecule has 0 saturated carbocycles. The maximum atomic E-state index is 12.6. The summed E-state index contributed by atoms with van der Waals surface area (Å²) < 4.78 is 31.4. The van der Waals surface area contributed by atoms with Gasteiger partial charge in [0.15, 0.2) is 5.16 Å². The van der Waals surface area contributed by atoms with Crippen molar-refractivity contribution in [2.24, 2.45) is 0 Å². The Hall–Kier alpha value is -3.99. The Balaban J connectivity index is 1.60. The maximum Gasteiger partial charge on any atom is 0.387 e. The lowest BCUT2D eigenvalue weighted by molar-refractivity contribution is -0.384. The second kappa shape index (κ2) is 9.65. The number of aromatic nitrogens is 2. The number of carbonyl (C=O) groups is 1. The Morgan fingerprint density at radius 1 is 1.12 bits per heavy atom. The largest absolute Gasteiger partial charge is 0.433 e. The number of fused-ring (bicyclic) bond motifs is 1. The molecule has 0 aliphatic rings. The topological polar surface area (TPSA) is 99.3 Å². The Labute approximate surface area is 190 Å². The number of nitrogens with one attached hydrogen (secondary N) is 1. The molecule has 8 nitrogen and oxygen atoms in total. The van der Waals surface area contributed by atoms with Gasteiger partial charge in [-0.3, -0.25) is 19.5 Å². The van der Waals surface area contributed by atoms with Crippen LogP contribution in [0.3, 0.4) is 0 Å². The first kappa shape index (κ1) is 22.2. The van der Waals surface area contributed by atoms with Crippen LogP contribution in [-0.4, -0.2) is 32.7 Å². The molecule has 1 aromatic heterocycles. The van der Waals surface area contributed by atoms with E-state index in [1.807, 2.05) is 30.3 Å². The molecule has 0 bridgehead atoms. The van der Waals surface area contributed by atoms with Crippen LogP contribution in [-0.2, 0) is 4.79 Å². The fourth-order valence-electron chi connectivity index (χ4n) is 3.17. The number of non-ortho nitro benzene ring substituents is 1. The number of anilines is 1. The van der Waals surface area contributed by atoms with Crippen LogP contribution >= 0.6 is 11.8 Å². The summed E-state index contributed by atoms with van der Waals surface area (Å²) in [6.07, 6.45) is 0. The smallest absolute Gasteiger partial charge is 0.387 e. The molecule has 3 aromatic carbocycles. The fourth-order valence-corrected chi connectivity index (χ4v) is 4.00. The van der Waals surface area contributed by atoms with E-state index in [0.29, 0.717) is 16.2 Å². The van der Waals surface area contributed by atoms with Crippen LogP contribution in [0.1, 0.15) is 0 Å². The molecule has 33 heavy (non-hydrogen) atoms. The van der Waals surface area contributed by atoms with Crippen molar-refractivity contribution in [1.29, 1.82) is 0 Å². The minimum Gasteiger partial charge on any atom is -0.433 e. The number of imidazole rings is 1. The molecular weight excluding hydrogens is 454 g/mol. The van der Waals surface area contributed by atoms with Gasteiger partial charge in [-0.1, -0.05) is 42.1 Å². The van der Waals surface area contributed by atoms with Crippen molar-refractivity contribution in [3.63, 3.8) is 0 Å². The van der Waals surface area contributed by atoms with Gasteiger partial charge in [-0.15, -0.1) is 0 Å². The lowest BCUT2D eigenvalue weighted by Crippen LogP contribution is -2.16. The fraction of sp³-hybridized carbons (Fsp3) is 0.0909. The number of alkyl halides is 2. The van der Waals surface area contributed by atoms with Gasteiger partial charge in [-0.05, 0) is 30.3 Å². The number of para-hydroxylation sites is 3. The van der Waals surface area contributed by atoms with Gasteiger partial charge in [0.1, 0.15) is 5.75 Å². The maximum absolute atomic E-state index is 12.6. The number of rotatable bonds is 8. The molecule has 4 aromatic rings. The van der Waals surface area contributed by atoms with Gasteiger partial charge in [0.2, 0.25) is 5.91 Å². The van der Waals surface area contributed by atoms with Crippen molar-refractivity contribution < 1.29 is 23.2 Å². The molecule has 1 N–H and O–H groups in total. The van der Waals surface area contributed by atoms with E-state index >= 15 is 0 Å². The number of carbonyl (C=O) groups excluding carboxylic acids is 1. The summed E-state index contributed by atoms with van der Waals surface area (Å²) in [6.45, 7) is -3.02. The number of nitro groups is 1. The third kappa shape index (κ3) is 5.09. The minimum atomic E-state index is -3.02. The SMILES string of the molecule is O=C(CSc1nc2cc([N+](=O)[O-])ccc2n1-c1ccccc1)Nc1ccccc1OC(F)F. The average molecular weight is 470 g/mol. The predicted molar refractivity (Wildman–Crippen MR) is 120 cm³/mol.